The van der Waals surface area contributed by atoms with E-state index in [1.807, 2.05) is 0 Å². The smallest absolute Gasteiger partial charge is 0.297 e. The fraction of sp³-hybridized carbons (Fsp3) is 0.254. The zero-order chi connectivity index (χ0) is 50.5. The molecule has 13 rings (SSSR count). The van der Waals surface area contributed by atoms with Crippen molar-refractivity contribution in [3.63, 3.8) is 0 Å². The van der Waals surface area contributed by atoms with Gasteiger partial charge in [-0.1, -0.05) is 147 Å². The number of para-hydroxylation sites is 4. The quantitative estimate of drug-likeness (QED) is 0.161. The molecule has 0 radical (unpaired) electrons. The Bertz CT molecular complexity index is 3650. The Hall–Kier alpha value is -7.44. The van der Waals surface area contributed by atoms with Gasteiger partial charge in [-0.15, -0.1) is 0 Å². The number of aryl methyl sites for hydroxylation is 2. The van der Waals surface area contributed by atoms with Gasteiger partial charge in [0.05, 0.1) is 22.7 Å². The summed E-state index contributed by atoms with van der Waals surface area (Å²) in [6, 6.07) is 61.0. The molecule has 0 saturated heterocycles. The van der Waals surface area contributed by atoms with E-state index in [1.54, 1.807) is 0 Å². The summed E-state index contributed by atoms with van der Waals surface area (Å²) in [5.74, 6) is 1.80. The topological polar surface area (TPSA) is 32.1 Å². The lowest BCUT2D eigenvalue weighted by Crippen LogP contribution is -2.61. The Morgan fingerprint density at radius 1 is 0.521 bits per heavy atom. The normalized spacial score (nSPS) is 16.4. The van der Waals surface area contributed by atoms with Crippen molar-refractivity contribution < 1.29 is 9.15 Å². The molecule has 0 amide bonds. The summed E-state index contributed by atoms with van der Waals surface area (Å²) in [7, 11) is 0. The summed E-state index contributed by atoms with van der Waals surface area (Å²) in [6.07, 6.45) is 2.24. The molecule has 1 aliphatic carbocycles. The zero-order valence-electron chi connectivity index (χ0n) is 44.2. The number of nitrogens with zero attached hydrogens (tertiary/aromatic N) is 3. The minimum absolute atomic E-state index is 0.00101. The Labute approximate surface area is 432 Å². The Morgan fingerprint density at radius 2 is 1.11 bits per heavy atom. The van der Waals surface area contributed by atoms with Crippen LogP contribution in [-0.4, -0.2) is 6.71 Å². The van der Waals surface area contributed by atoms with Gasteiger partial charge in [0.2, 0.25) is 0 Å². The van der Waals surface area contributed by atoms with Crippen molar-refractivity contribution in [3.05, 3.63) is 203 Å². The third-order valence-corrected chi connectivity index (χ3v) is 17.1. The maximum atomic E-state index is 7.69. The summed E-state index contributed by atoms with van der Waals surface area (Å²) < 4.78 is 14.8. The van der Waals surface area contributed by atoms with Crippen LogP contribution < -0.4 is 36.0 Å². The average molecular weight is 954 g/mol. The highest BCUT2D eigenvalue weighted by Crippen LogP contribution is 2.55. The fourth-order valence-corrected chi connectivity index (χ4v) is 13.0. The first kappa shape index (κ1) is 45.4. The number of fused-ring (bicyclic) bond motifs is 9. The number of furan rings is 1. The SMILES string of the molecule is Cc1cccc(C)c1N1c2cc3c(cc2B2c4oc5cc6c(cc5c4N(c4ccc(C(C)(C)C)cc4)c4cc(N(c5ccccc5)c5ccccc5)cc1c42)C(C)(C)CCC6(C)C)Oc1ccccc1C3(C)C. The summed E-state index contributed by atoms with van der Waals surface area (Å²) in [4.78, 5) is 7.56. The highest BCUT2D eigenvalue weighted by atomic mass is 16.5. The molecule has 9 aromatic rings. The van der Waals surface area contributed by atoms with Crippen LogP contribution in [0.25, 0.3) is 11.0 Å². The number of hydrogen-bond donors (Lipinski definition) is 0. The van der Waals surface area contributed by atoms with Crippen molar-refractivity contribution in [3.8, 4) is 11.5 Å². The Kier molecular flexibility index (Phi) is 9.82. The molecule has 0 atom stereocenters. The van der Waals surface area contributed by atoms with Crippen molar-refractivity contribution in [2.24, 2.45) is 0 Å². The van der Waals surface area contributed by atoms with Crippen LogP contribution in [0.1, 0.15) is 114 Å². The molecule has 362 valence electrons. The lowest BCUT2D eigenvalue weighted by Gasteiger charge is -2.45. The van der Waals surface area contributed by atoms with Gasteiger partial charge in [-0.05, 0) is 161 Å². The van der Waals surface area contributed by atoms with E-state index in [2.05, 4.69) is 255 Å². The van der Waals surface area contributed by atoms with Gasteiger partial charge >= 0.3 is 0 Å². The molecule has 0 saturated carbocycles. The minimum Gasteiger partial charge on any atom is -0.468 e. The molecule has 3 aliphatic heterocycles. The number of benzene rings is 8. The zero-order valence-corrected chi connectivity index (χ0v) is 44.2. The molecule has 8 aromatic carbocycles. The third-order valence-electron chi connectivity index (χ3n) is 17.1. The molecule has 0 bridgehead atoms. The molecule has 4 heterocycles. The van der Waals surface area contributed by atoms with Crippen LogP contribution in [0.15, 0.2) is 168 Å². The van der Waals surface area contributed by atoms with Crippen molar-refractivity contribution in [1.29, 1.82) is 0 Å². The summed E-state index contributed by atoms with van der Waals surface area (Å²) in [6.45, 7) is 25.5. The van der Waals surface area contributed by atoms with Crippen LogP contribution in [0.3, 0.4) is 0 Å². The van der Waals surface area contributed by atoms with Crippen LogP contribution in [0, 0.1) is 13.8 Å². The van der Waals surface area contributed by atoms with Gasteiger partial charge in [0.1, 0.15) is 17.1 Å². The predicted molar refractivity (Wildman–Crippen MR) is 307 cm³/mol. The molecular weight excluding hydrogens is 890 g/mol. The summed E-state index contributed by atoms with van der Waals surface area (Å²) in [5, 5.41) is 1.14. The second-order valence-corrected chi connectivity index (χ2v) is 24.2. The van der Waals surface area contributed by atoms with E-state index in [9.17, 15) is 0 Å². The van der Waals surface area contributed by atoms with Crippen LogP contribution in [0.4, 0.5) is 51.2 Å². The van der Waals surface area contributed by atoms with Crippen molar-refractivity contribution in [1.82, 2.24) is 0 Å². The molecule has 6 heteroatoms. The maximum absolute atomic E-state index is 7.69. The Balaban J connectivity index is 1.20. The molecule has 0 fully saturated rings. The fourth-order valence-electron chi connectivity index (χ4n) is 13.0. The van der Waals surface area contributed by atoms with E-state index >= 15 is 0 Å². The molecule has 0 unspecified atom stereocenters. The Morgan fingerprint density at radius 3 is 1.74 bits per heavy atom. The molecule has 5 nitrogen and oxygen atoms in total. The van der Waals surface area contributed by atoms with Gasteiger partial charge in [-0.25, -0.2) is 0 Å². The number of hydrogen-bond acceptors (Lipinski definition) is 5. The van der Waals surface area contributed by atoms with E-state index in [1.165, 1.54) is 44.5 Å². The lowest BCUT2D eigenvalue weighted by atomic mass is 9.35. The largest absolute Gasteiger partial charge is 0.468 e. The molecule has 0 N–H and O–H groups in total. The van der Waals surface area contributed by atoms with Crippen molar-refractivity contribution in [2.75, 3.05) is 14.7 Å². The number of rotatable bonds is 5. The first-order valence-electron chi connectivity index (χ1n) is 26.3. The van der Waals surface area contributed by atoms with Gasteiger partial charge in [-0.3, -0.25) is 0 Å². The van der Waals surface area contributed by atoms with Gasteiger partial charge in [0.25, 0.3) is 6.71 Å². The molecule has 0 spiro atoms. The lowest BCUT2D eigenvalue weighted by molar-refractivity contribution is 0.332. The maximum Gasteiger partial charge on any atom is 0.297 e. The van der Waals surface area contributed by atoms with Gasteiger partial charge in [0, 0.05) is 56.1 Å². The molecule has 73 heavy (non-hydrogen) atoms. The van der Waals surface area contributed by atoms with E-state index in [0.29, 0.717) is 0 Å². The minimum atomic E-state index is -0.345. The summed E-state index contributed by atoms with van der Waals surface area (Å²) >= 11 is 0. The first-order chi connectivity index (χ1) is 34.9. The average Bonchev–Trinajstić information content (AvgIpc) is 3.75. The first-order valence-corrected chi connectivity index (χ1v) is 26.3. The monoisotopic (exact) mass is 954 g/mol. The van der Waals surface area contributed by atoms with E-state index in [4.69, 9.17) is 9.15 Å². The van der Waals surface area contributed by atoms with Crippen LogP contribution in [0.2, 0.25) is 0 Å². The second kappa shape index (κ2) is 15.8. The van der Waals surface area contributed by atoms with E-state index in [-0.39, 0.29) is 28.4 Å². The number of ether oxygens (including phenoxy) is 1. The van der Waals surface area contributed by atoms with Crippen LogP contribution in [-0.2, 0) is 21.7 Å². The van der Waals surface area contributed by atoms with Gasteiger partial charge in [-0.2, -0.15) is 0 Å². The highest BCUT2D eigenvalue weighted by molar-refractivity contribution is 7.00. The molecular formula is C67H64BN3O2. The van der Waals surface area contributed by atoms with Crippen molar-refractivity contribution >= 4 is 85.5 Å². The van der Waals surface area contributed by atoms with E-state index in [0.717, 1.165) is 97.5 Å². The standard InChI is InChI=1S/C67H64BN3O2/c1-41-21-20-22-42(2)61(41)71-54-38-52-59(72-57-28-19-18-27-49(57)67(52,10)11)40-53(54)68-60-55(35-47(36-56(60)71)69(44-23-14-12-15-24-44)45-25-16-13-17-26-45)70(46-31-29-43(30-32-46)64(3,4)5)62-48-37-50-51(39-58(48)73-63(62)68)66(8,9)34-33-65(50,6)7/h12-32,35-40H,33-34H2,1-11H3. The highest BCUT2D eigenvalue weighted by Gasteiger charge is 2.50. The predicted octanol–water partition coefficient (Wildman–Crippen LogP) is 16.7. The second-order valence-electron chi connectivity index (χ2n) is 24.2. The summed E-state index contributed by atoms with van der Waals surface area (Å²) in [5.41, 5.74) is 22.7. The van der Waals surface area contributed by atoms with Crippen LogP contribution >= 0.6 is 0 Å². The third kappa shape index (κ3) is 6.82. The van der Waals surface area contributed by atoms with Crippen LogP contribution in [0.5, 0.6) is 11.5 Å². The van der Waals surface area contributed by atoms with Gasteiger partial charge < -0.3 is 23.9 Å². The number of anilines is 9. The van der Waals surface area contributed by atoms with Gasteiger partial charge in [0.15, 0.2) is 0 Å². The molecule has 1 aromatic heterocycles. The van der Waals surface area contributed by atoms with Crippen molar-refractivity contribution in [2.45, 2.75) is 111 Å². The van der Waals surface area contributed by atoms with E-state index < -0.39 is 0 Å². The molecule has 4 aliphatic rings.